The molecule has 0 atom stereocenters. The van der Waals surface area contributed by atoms with Gasteiger partial charge in [0.1, 0.15) is 0 Å². The standard InChI is InChI=1S/C56H38N2/c1-2-16-39(17-3-1)41-19-14-21-45(36-41)57(44-34-32-40(33-35-44)53-38-43-18-4-5-23-47(43)49-25-6-7-26-50(49)53)54-29-11-8-24-48(54)42-20-15-22-46(37-42)58-55-30-12-9-27-51(55)52-28-10-13-31-56(52)58/h1-38H. The van der Waals surface area contributed by atoms with Gasteiger partial charge in [-0.2, -0.15) is 0 Å². The van der Waals surface area contributed by atoms with Gasteiger partial charge in [-0.1, -0.05) is 170 Å². The van der Waals surface area contributed by atoms with E-state index >= 15 is 0 Å². The van der Waals surface area contributed by atoms with Crippen molar-refractivity contribution >= 4 is 60.4 Å². The van der Waals surface area contributed by atoms with Crippen molar-refractivity contribution in [3.63, 3.8) is 0 Å². The lowest BCUT2D eigenvalue weighted by Crippen LogP contribution is -2.11. The Morgan fingerprint density at radius 2 is 0.879 bits per heavy atom. The third-order valence-electron chi connectivity index (χ3n) is 11.6. The van der Waals surface area contributed by atoms with Crippen molar-refractivity contribution in [2.75, 3.05) is 4.90 Å². The zero-order valence-electron chi connectivity index (χ0n) is 31.8. The molecule has 11 rings (SSSR count). The maximum absolute atomic E-state index is 2.41. The molecule has 0 aliphatic carbocycles. The molecule has 11 aromatic rings. The molecule has 272 valence electrons. The summed E-state index contributed by atoms with van der Waals surface area (Å²) in [5, 5.41) is 7.58. The van der Waals surface area contributed by atoms with Crippen molar-refractivity contribution in [1.82, 2.24) is 4.57 Å². The molecule has 2 heteroatoms. The van der Waals surface area contributed by atoms with Crippen molar-refractivity contribution in [2.24, 2.45) is 0 Å². The summed E-state index contributed by atoms with van der Waals surface area (Å²) in [5.41, 5.74) is 13.9. The molecule has 10 aromatic carbocycles. The molecule has 2 nitrogen and oxygen atoms in total. The topological polar surface area (TPSA) is 8.17 Å². The smallest absolute Gasteiger partial charge is 0.0541 e. The summed E-state index contributed by atoms with van der Waals surface area (Å²) in [7, 11) is 0. The molecule has 0 spiro atoms. The van der Waals surface area contributed by atoms with Crippen LogP contribution in [0.25, 0.3) is 82.4 Å². The maximum atomic E-state index is 2.41. The monoisotopic (exact) mass is 738 g/mol. The molecule has 0 fully saturated rings. The highest BCUT2D eigenvalue weighted by Gasteiger charge is 2.20. The summed E-state index contributed by atoms with van der Waals surface area (Å²) in [6.07, 6.45) is 0. The van der Waals surface area contributed by atoms with E-state index in [4.69, 9.17) is 0 Å². The number of para-hydroxylation sites is 3. The molecule has 58 heavy (non-hydrogen) atoms. The lowest BCUT2D eigenvalue weighted by Gasteiger charge is -2.28. The zero-order chi connectivity index (χ0) is 38.4. The molecule has 0 aliphatic rings. The molecular formula is C56H38N2. The van der Waals surface area contributed by atoms with E-state index < -0.39 is 0 Å². The van der Waals surface area contributed by atoms with Crippen LogP contribution in [0.1, 0.15) is 0 Å². The Hall–Kier alpha value is -7.68. The van der Waals surface area contributed by atoms with Crippen molar-refractivity contribution in [3.05, 3.63) is 231 Å². The first kappa shape index (κ1) is 33.6. The molecule has 0 saturated carbocycles. The van der Waals surface area contributed by atoms with E-state index in [-0.39, 0.29) is 0 Å². The number of rotatable bonds is 7. The van der Waals surface area contributed by atoms with Crippen molar-refractivity contribution in [3.8, 4) is 39.1 Å². The van der Waals surface area contributed by atoms with E-state index in [1.807, 2.05) is 0 Å². The average Bonchev–Trinajstić information content (AvgIpc) is 3.64. The van der Waals surface area contributed by atoms with Crippen LogP contribution < -0.4 is 4.90 Å². The van der Waals surface area contributed by atoms with Crippen molar-refractivity contribution in [2.45, 2.75) is 0 Å². The van der Waals surface area contributed by atoms with E-state index in [0.717, 1.165) is 33.9 Å². The van der Waals surface area contributed by atoms with Gasteiger partial charge < -0.3 is 9.47 Å². The largest absolute Gasteiger partial charge is 0.310 e. The van der Waals surface area contributed by atoms with Crippen LogP contribution >= 0.6 is 0 Å². The predicted molar refractivity (Wildman–Crippen MR) is 247 cm³/mol. The van der Waals surface area contributed by atoms with E-state index in [1.54, 1.807) is 0 Å². The van der Waals surface area contributed by atoms with Gasteiger partial charge in [0.2, 0.25) is 0 Å². The molecule has 1 aromatic heterocycles. The maximum Gasteiger partial charge on any atom is 0.0541 e. The van der Waals surface area contributed by atoms with Gasteiger partial charge in [-0.25, -0.2) is 0 Å². The highest BCUT2D eigenvalue weighted by atomic mass is 15.1. The molecule has 0 saturated heterocycles. The van der Waals surface area contributed by atoms with Crippen LogP contribution in [-0.4, -0.2) is 4.57 Å². The summed E-state index contributed by atoms with van der Waals surface area (Å²) >= 11 is 0. The molecular weight excluding hydrogens is 701 g/mol. The fourth-order valence-electron chi connectivity index (χ4n) is 8.89. The zero-order valence-corrected chi connectivity index (χ0v) is 31.8. The lowest BCUT2D eigenvalue weighted by molar-refractivity contribution is 1.18. The number of anilines is 3. The van der Waals surface area contributed by atoms with Gasteiger partial charge in [0.25, 0.3) is 0 Å². The van der Waals surface area contributed by atoms with Crippen molar-refractivity contribution < 1.29 is 0 Å². The van der Waals surface area contributed by atoms with E-state index in [0.29, 0.717) is 0 Å². The number of fused-ring (bicyclic) bond motifs is 6. The highest BCUT2D eigenvalue weighted by Crippen LogP contribution is 2.44. The second-order valence-corrected chi connectivity index (χ2v) is 14.9. The van der Waals surface area contributed by atoms with Gasteiger partial charge in [-0.3, -0.25) is 0 Å². The molecule has 0 N–H and O–H groups in total. The second-order valence-electron chi connectivity index (χ2n) is 14.9. The number of benzene rings is 10. The summed E-state index contributed by atoms with van der Waals surface area (Å²) in [5.74, 6) is 0. The number of nitrogens with zero attached hydrogens (tertiary/aromatic N) is 2. The van der Waals surface area contributed by atoms with Gasteiger partial charge >= 0.3 is 0 Å². The number of hydrogen-bond donors (Lipinski definition) is 0. The van der Waals surface area contributed by atoms with Gasteiger partial charge in [0.15, 0.2) is 0 Å². The third kappa shape index (κ3) is 5.74. The Balaban J connectivity index is 1.08. The van der Waals surface area contributed by atoms with Crippen LogP contribution in [-0.2, 0) is 0 Å². The average molecular weight is 739 g/mol. The normalized spacial score (nSPS) is 11.4. The molecule has 0 unspecified atom stereocenters. The van der Waals surface area contributed by atoms with Crippen LogP contribution in [0.2, 0.25) is 0 Å². The van der Waals surface area contributed by atoms with Crippen LogP contribution in [0.4, 0.5) is 17.1 Å². The molecule has 0 amide bonds. The first-order valence-corrected chi connectivity index (χ1v) is 19.9. The van der Waals surface area contributed by atoms with Crippen LogP contribution in [0.3, 0.4) is 0 Å². The summed E-state index contributed by atoms with van der Waals surface area (Å²) in [6, 6.07) is 83.7. The minimum absolute atomic E-state index is 1.09. The third-order valence-corrected chi connectivity index (χ3v) is 11.6. The fraction of sp³-hybridized carbons (Fsp3) is 0. The van der Waals surface area contributed by atoms with Gasteiger partial charge in [0, 0.05) is 33.4 Å². The van der Waals surface area contributed by atoms with Gasteiger partial charge in [-0.15, -0.1) is 0 Å². The minimum atomic E-state index is 1.09. The Labute approximate surface area is 338 Å². The molecule has 1 heterocycles. The fourth-order valence-corrected chi connectivity index (χ4v) is 8.89. The first-order valence-electron chi connectivity index (χ1n) is 19.9. The highest BCUT2D eigenvalue weighted by molar-refractivity contribution is 6.14. The summed E-state index contributed by atoms with van der Waals surface area (Å²) in [4.78, 5) is 2.41. The molecule has 0 radical (unpaired) electrons. The van der Waals surface area contributed by atoms with Crippen LogP contribution in [0.15, 0.2) is 231 Å². The molecule has 0 aliphatic heterocycles. The SMILES string of the molecule is c1ccc(-c2cccc(N(c3ccc(-c4cc5ccccc5c5ccccc45)cc3)c3ccccc3-c3cccc(-n4c5ccccc5c5ccccc54)c3)c2)cc1. The van der Waals surface area contributed by atoms with Gasteiger partial charge in [0.05, 0.1) is 16.7 Å². The Morgan fingerprint density at radius 3 is 1.66 bits per heavy atom. The van der Waals surface area contributed by atoms with Crippen LogP contribution in [0, 0.1) is 0 Å². The number of aromatic nitrogens is 1. The number of hydrogen-bond acceptors (Lipinski definition) is 1. The first-order chi connectivity index (χ1) is 28.8. The minimum Gasteiger partial charge on any atom is -0.310 e. The Kier molecular flexibility index (Phi) is 8.19. The lowest BCUT2D eigenvalue weighted by atomic mass is 9.93. The van der Waals surface area contributed by atoms with Crippen molar-refractivity contribution in [1.29, 1.82) is 0 Å². The Morgan fingerprint density at radius 1 is 0.293 bits per heavy atom. The van der Waals surface area contributed by atoms with Gasteiger partial charge in [-0.05, 0) is 110 Å². The van der Waals surface area contributed by atoms with E-state index in [9.17, 15) is 0 Å². The van der Waals surface area contributed by atoms with E-state index in [2.05, 4.69) is 240 Å². The summed E-state index contributed by atoms with van der Waals surface area (Å²) < 4.78 is 2.40. The Bertz CT molecular complexity index is 3230. The molecule has 0 bridgehead atoms. The van der Waals surface area contributed by atoms with E-state index in [1.165, 1.54) is 65.6 Å². The summed E-state index contributed by atoms with van der Waals surface area (Å²) in [6.45, 7) is 0. The predicted octanol–water partition coefficient (Wildman–Crippen LogP) is 15.6. The van der Waals surface area contributed by atoms with Crippen LogP contribution in [0.5, 0.6) is 0 Å². The quantitative estimate of drug-likeness (QED) is 0.148. The second kappa shape index (κ2) is 14.1.